The van der Waals surface area contributed by atoms with E-state index in [1.807, 2.05) is 24.3 Å². The maximum absolute atomic E-state index is 11.3. The van der Waals surface area contributed by atoms with Crippen molar-refractivity contribution in [1.82, 2.24) is 4.98 Å². The predicted molar refractivity (Wildman–Crippen MR) is 73.0 cm³/mol. The summed E-state index contributed by atoms with van der Waals surface area (Å²) in [6, 6.07) is 7.43. The molecule has 0 amide bonds. The van der Waals surface area contributed by atoms with Gasteiger partial charge in [0.2, 0.25) is 0 Å². The fourth-order valence-electron chi connectivity index (χ4n) is 1.95. The summed E-state index contributed by atoms with van der Waals surface area (Å²) in [6.45, 7) is 0. The first kappa shape index (κ1) is 12.2. The molecule has 2 aromatic rings. The van der Waals surface area contributed by atoms with E-state index >= 15 is 0 Å². The van der Waals surface area contributed by atoms with Crippen LogP contribution in [-0.4, -0.2) is 23.2 Å². The lowest BCUT2D eigenvalue weighted by atomic mass is 10.1. The Labute approximate surface area is 114 Å². The normalized spacial score (nSPS) is 14.4. The van der Waals surface area contributed by atoms with Crippen molar-refractivity contribution < 1.29 is 14.6 Å². The maximum Gasteiger partial charge on any atom is 0.356 e. The molecule has 98 valence electrons. The van der Waals surface area contributed by atoms with Crippen molar-refractivity contribution in [2.24, 2.45) is 0 Å². The number of nitrogens with zero attached hydrogens (tertiary/aromatic N) is 1. The maximum atomic E-state index is 11.3. The van der Waals surface area contributed by atoms with Gasteiger partial charge in [-0.05, 0) is 30.5 Å². The Morgan fingerprint density at radius 3 is 2.89 bits per heavy atom. The molecule has 0 bridgehead atoms. The number of aromatic carboxylic acids is 1. The third-order valence-corrected chi connectivity index (χ3v) is 4.37. The second-order valence-electron chi connectivity index (χ2n) is 4.54. The summed E-state index contributed by atoms with van der Waals surface area (Å²) in [5.74, 6) is 0.207. The monoisotopic (exact) mass is 275 g/mol. The highest BCUT2D eigenvalue weighted by Crippen LogP contribution is 2.45. The molecule has 0 aliphatic heterocycles. The molecule has 3 rings (SSSR count). The Bertz CT molecular complexity index is 631. The Kier molecular flexibility index (Phi) is 2.98. The summed E-state index contributed by atoms with van der Waals surface area (Å²) in [5.41, 5.74) is 1.00. The topological polar surface area (TPSA) is 59.4 Å². The summed E-state index contributed by atoms with van der Waals surface area (Å²) in [4.78, 5) is 16.3. The molecule has 1 N–H and O–H groups in total. The van der Waals surface area contributed by atoms with E-state index in [0.29, 0.717) is 10.8 Å². The zero-order valence-corrected chi connectivity index (χ0v) is 11.2. The van der Waals surface area contributed by atoms with E-state index in [4.69, 9.17) is 4.74 Å². The minimum Gasteiger partial charge on any atom is -0.497 e. The molecule has 5 heteroatoms. The van der Waals surface area contributed by atoms with Gasteiger partial charge in [0.05, 0.1) is 17.0 Å². The van der Waals surface area contributed by atoms with E-state index in [-0.39, 0.29) is 5.69 Å². The lowest BCUT2D eigenvalue weighted by molar-refractivity contribution is 0.0692. The average Bonchev–Trinajstić information content (AvgIpc) is 3.17. The fourth-order valence-corrected chi connectivity index (χ4v) is 3.17. The van der Waals surface area contributed by atoms with Gasteiger partial charge >= 0.3 is 5.97 Å². The van der Waals surface area contributed by atoms with E-state index in [9.17, 15) is 9.90 Å². The average molecular weight is 275 g/mol. The number of carboxylic acid groups (broad SMARTS) is 1. The molecule has 1 aliphatic rings. The van der Waals surface area contributed by atoms with Gasteiger partial charge in [-0.3, -0.25) is 0 Å². The van der Waals surface area contributed by atoms with Gasteiger partial charge in [0.25, 0.3) is 0 Å². The van der Waals surface area contributed by atoms with E-state index < -0.39 is 5.97 Å². The zero-order valence-electron chi connectivity index (χ0n) is 10.4. The zero-order chi connectivity index (χ0) is 13.4. The third-order valence-electron chi connectivity index (χ3n) is 3.10. The van der Waals surface area contributed by atoms with Gasteiger partial charge in [-0.25, -0.2) is 9.78 Å². The number of methoxy groups -OCH3 is 1. The molecule has 0 radical (unpaired) electrons. The summed E-state index contributed by atoms with van der Waals surface area (Å²) in [6.07, 6.45) is 2.23. The van der Waals surface area contributed by atoms with Gasteiger partial charge in [0.1, 0.15) is 5.75 Å². The highest BCUT2D eigenvalue weighted by atomic mass is 32.1. The van der Waals surface area contributed by atoms with E-state index in [2.05, 4.69) is 4.98 Å². The largest absolute Gasteiger partial charge is 0.497 e. The number of benzene rings is 1. The number of carbonyl (C=O) groups is 1. The highest BCUT2D eigenvalue weighted by molar-refractivity contribution is 7.15. The van der Waals surface area contributed by atoms with E-state index in [1.165, 1.54) is 11.3 Å². The Hall–Kier alpha value is -1.88. The standard InChI is InChI=1S/C14H13NO3S/c1-18-10-4-2-3-9(7-10)12-11(14(16)17)15-13(19-12)8-5-6-8/h2-4,7-8H,5-6H2,1H3,(H,16,17). The van der Waals surface area contributed by atoms with Gasteiger partial charge in [-0.15, -0.1) is 11.3 Å². The lowest BCUT2D eigenvalue weighted by Gasteiger charge is -2.02. The van der Waals surface area contributed by atoms with Crippen LogP contribution in [0, 0.1) is 0 Å². The van der Waals surface area contributed by atoms with Crippen LogP contribution in [0.3, 0.4) is 0 Å². The fraction of sp³-hybridized carbons (Fsp3) is 0.286. The Morgan fingerprint density at radius 1 is 1.47 bits per heavy atom. The molecule has 0 spiro atoms. The van der Waals surface area contributed by atoms with Crippen molar-refractivity contribution in [3.8, 4) is 16.2 Å². The van der Waals surface area contributed by atoms with Crippen LogP contribution in [0.1, 0.15) is 34.3 Å². The molecule has 1 aliphatic carbocycles. The van der Waals surface area contributed by atoms with E-state index in [1.54, 1.807) is 7.11 Å². The van der Waals surface area contributed by atoms with Crippen molar-refractivity contribution in [2.75, 3.05) is 7.11 Å². The minimum absolute atomic E-state index is 0.153. The molecular formula is C14H13NO3S. The molecule has 19 heavy (non-hydrogen) atoms. The van der Waals surface area contributed by atoms with Crippen LogP contribution in [0.2, 0.25) is 0 Å². The number of rotatable bonds is 4. The molecule has 1 heterocycles. The van der Waals surface area contributed by atoms with Crippen LogP contribution in [0.15, 0.2) is 24.3 Å². The SMILES string of the molecule is COc1cccc(-c2sc(C3CC3)nc2C(=O)O)c1. The van der Waals surface area contributed by atoms with Crippen molar-refractivity contribution in [2.45, 2.75) is 18.8 Å². The first-order valence-corrected chi connectivity index (χ1v) is 6.89. The van der Waals surface area contributed by atoms with Crippen molar-refractivity contribution >= 4 is 17.3 Å². The van der Waals surface area contributed by atoms with Gasteiger partial charge < -0.3 is 9.84 Å². The molecular weight excluding hydrogens is 262 g/mol. The van der Waals surface area contributed by atoms with Crippen LogP contribution < -0.4 is 4.74 Å². The summed E-state index contributed by atoms with van der Waals surface area (Å²) in [5, 5.41) is 10.2. The molecule has 1 aromatic carbocycles. The molecule has 1 aromatic heterocycles. The second-order valence-corrected chi connectivity index (χ2v) is 5.57. The molecule has 0 atom stereocenters. The third kappa shape index (κ3) is 2.33. The lowest BCUT2D eigenvalue weighted by Crippen LogP contribution is -1.99. The Balaban J connectivity index is 2.08. The van der Waals surface area contributed by atoms with Gasteiger partial charge in [0.15, 0.2) is 5.69 Å². The smallest absolute Gasteiger partial charge is 0.356 e. The number of ether oxygens (including phenoxy) is 1. The first-order chi connectivity index (χ1) is 9.19. The van der Waals surface area contributed by atoms with Crippen LogP contribution in [-0.2, 0) is 0 Å². The van der Waals surface area contributed by atoms with E-state index in [0.717, 1.165) is 29.2 Å². The van der Waals surface area contributed by atoms with Gasteiger partial charge in [-0.1, -0.05) is 12.1 Å². The van der Waals surface area contributed by atoms with Crippen LogP contribution in [0.4, 0.5) is 0 Å². The second kappa shape index (κ2) is 4.66. The summed E-state index contributed by atoms with van der Waals surface area (Å²) < 4.78 is 5.18. The van der Waals surface area contributed by atoms with Crippen molar-refractivity contribution in [1.29, 1.82) is 0 Å². The number of thiazole rings is 1. The van der Waals surface area contributed by atoms with Gasteiger partial charge in [-0.2, -0.15) is 0 Å². The van der Waals surface area contributed by atoms with Crippen LogP contribution in [0.25, 0.3) is 10.4 Å². The predicted octanol–water partition coefficient (Wildman–Crippen LogP) is 3.39. The summed E-state index contributed by atoms with van der Waals surface area (Å²) in [7, 11) is 1.60. The van der Waals surface area contributed by atoms with Crippen molar-refractivity contribution in [3.05, 3.63) is 35.0 Å². The quantitative estimate of drug-likeness (QED) is 0.929. The summed E-state index contributed by atoms with van der Waals surface area (Å²) >= 11 is 1.48. The molecule has 1 saturated carbocycles. The number of hydrogen-bond donors (Lipinski definition) is 1. The number of hydrogen-bond acceptors (Lipinski definition) is 4. The van der Waals surface area contributed by atoms with Gasteiger partial charge in [0, 0.05) is 5.92 Å². The van der Waals surface area contributed by atoms with Crippen LogP contribution in [0.5, 0.6) is 5.75 Å². The van der Waals surface area contributed by atoms with Crippen molar-refractivity contribution in [3.63, 3.8) is 0 Å². The first-order valence-electron chi connectivity index (χ1n) is 6.07. The van der Waals surface area contributed by atoms with Crippen LogP contribution >= 0.6 is 11.3 Å². The minimum atomic E-state index is -0.971. The number of carboxylic acids is 1. The molecule has 0 unspecified atom stereocenters. The number of aromatic nitrogens is 1. The highest BCUT2D eigenvalue weighted by Gasteiger charge is 2.30. The molecule has 4 nitrogen and oxygen atoms in total. The molecule has 1 fully saturated rings. The Morgan fingerprint density at radius 2 is 2.26 bits per heavy atom. The molecule has 0 saturated heterocycles.